The Balaban J connectivity index is 1.68. The molecule has 5 heteroatoms. The molecule has 0 heterocycles. The zero-order valence-electron chi connectivity index (χ0n) is 14.2. The van der Waals surface area contributed by atoms with Gasteiger partial charge in [-0.05, 0) is 68.3 Å². The molecule has 2 aromatic carbocycles. The van der Waals surface area contributed by atoms with Crippen molar-refractivity contribution in [3.05, 3.63) is 64.7 Å². The van der Waals surface area contributed by atoms with Crippen LogP contribution >= 0.6 is 11.6 Å². The van der Waals surface area contributed by atoms with Crippen LogP contribution < -0.4 is 4.74 Å². The molecule has 0 aromatic heterocycles. The molecular weight excluding hydrogens is 340 g/mol. The van der Waals surface area contributed by atoms with E-state index in [0.29, 0.717) is 41.5 Å². The van der Waals surface area contributed by atoms with Crippen molar-refractivity contribution < 1.29 is 19.1 Å². The smallest absolute Gasteiger partial charge is 0.338 e. The highest BCUT2D eigenvalue weighted by molar-refractivity contribution is 6.30. The van der Waals surface area contributed by atoms with Gasteiger partial charge in [0.25, 0.3) is 0 Å². The van der Waals surface area contributed by atoms with Gasteiger partial charge in [0.15, 0.2) is 5.78 Å². The first-order valence-electron chi connectivity index (χ1n) is 8.29. The number of esters is 1. The first-order chi connectivity index (χ1) is 12.1. The Bertz CT molecular complexity index is 693. The van der Waals surface area contributed by atoms with Crippen molar-refractivity contribution in [2.24, 2.45) is 0 Å². The van der Waals surface area contributed by atoms with Crippen molar-refractivity contribution in [1.82, 2.24) is 0 Å². The van der Waals surface area contributed by atoms with E-state index in [-0.39, 0.29) is 11.8 Å². The fraction of sp³-hybridized carbons (Fsp3) is 0.300. The molecule has 0 atom stereocenters. The Labute approximate surface area is 152 Å². The maximum Gasteiger partial charge on any atom is 0.338 e. The Hall–Kier alpha value is -2.33. The number of unbranched alkanes of at least 4 members (excludes halogenated alkanes) is 1. The Morgan fingerprint density at radius 2 is 1.56 bits per heavy atom. The summed E-state index contributed by atoms with van der Waals surface area (Å²) in [6, 6.07) is 13.8. The van der Waals surface area contributed by atoms with Crippen LogP contribution in [0.1, 0.15) is 46.9 Å². The summed E-state index contributed by atoms with van der Waals surface area (Å²) in [5.41, 5.74) is 1.18. The van der Waals surface area contributed by atoms with E-state index in [1.165, 1.54) is 0 Å². The van der Waals surface area contributed by atoms with Crippen molar-refractivity contribution in [2.75, 3.05) is 13.2 Å². The molecule has 4 nitrogen and oxygen atoms in total. The molecule has 0 aliphatic heterocycles. The molecule has 0 bridgehead atoms. The van der Waals surface area contributed by atoms with Gasteiger partial charge in [-0.1, -0.05) is 11.6 Å². The number of carbonyl (C=O) groups is 2. The number of hydrogen-bond donors (Lipinski definition) is 0. The van der Waals surface area contributed by atoms with Crippen LogP contribution in [0.25, 0.3) is 0 Å². The first-order valence-corrected chi connectivity index (χ1v) is 8.66. The second kappa shape index (κ2) is 9.84. The molecule has 2 rings (SSSR count). The van der Waals surface area contributed by atoms with Crippen LogP contribution in [0.5, 0.6) is 5.75 Å². The van der Waals surface area contributed by atoms with Crippen molar-refractivity contribution >= 4 is 23.4 Å². The summed E-state index contributed by atoms with van der Waals surface area (Å²) >= 11 is 5.81. The van der Waals surface area contributed by atoms with Gasteiger partial charge in [-0.25, -0.2) is 4.79 Å². The average molecular weight is 361 g/mol. The maximum absolute atomic E-state index is 12.0. The minimum atomic E-state index is -0.338. The SMILES string of the molecule is CCOC(=O)c1ccc(OCCCCC(=O)c2ccc(Cl)cc2)cc1. The van der Waals surface area contributed by atoms with Gasteiger partial charge >= 0.3 is 5.97 Å². The fourth-order valence-electron chi connectivity index (χ4n) is 2.26. The molecule has 0 unspecified atom stereocenters. The first kappa shape index (κ1) is 19.0. The third-order valence-electron chi connectivity index (χ3n) is 3.60. The second-order valence-corrected chi connectivity index (χ2v) is 5.92. The number of Topliss-reactive ketones (excluding diaryl/α,β-unsaturated/α-hetero) is 1. The Kier molecular flexibility index (Phi) is 7.48. The largest absolute Gasteiger partial charge is 0.494 e. The van der Waals surface area contributed by atoms with Crippen LogP contribution in [0, 0.1) is 0 Å². The van der Waals surface area contributed by atoms with E-state index in [0.717, 1.165) is 12.8 Å². The Morgan fingerprint density at radius 1 is 0.920 bits per heavy atom. The number of ketones is 1. The van der Waals surface area contributed by atoms with Gasteiger partial charge in [-0.3, -0.25) is 4.79 Å². The van der Waals surface area contributed by atoms with Gasteiger partial charge in [0.05, 0.1) is 18.8 Å². The third kappa shape index (κ3) is 6.24. The van der Waals surface area contributed by atoms with Gasteiger partial charge in [-0.15, -0.1) is 0 Å². The summed E-state index contributed by atoms with van der Waals surface area (Å²) in [5.74, 6) is 0.460. The maximum atomic E-state index is 12.0. The lowest BCUT2D eigenvalue weighted by Gasteiger charge is -2.07. The molecule has 0 amide bonds. The van der Waals surface area contributed by atoms with E-state index in [9.17, 15) is 9.59 Å². The van der Waals surface area contributed by atoms with Gasteiger partial charge in [0.2, 0.25) is 0 Å². The highest BCUT2D eigenvalue weighted by Gasteiger charge is 2.07. The van der Waals surface area contributed by atoms with Crippen LogP contribution in [0.15, 0.2) is 48.5 Å². The average Bonchev–Trinajstić information content (AvgIpc) is 2.62. The van der Waals surface area contributed by atoms with Gasteiger partial charge in [0, 0.05) is 17.0 Å². The van der Waals surface area contributed by atoms with Crippen molar-refractivity contribution in [3.8, 4) is 5.75 Å². The quantitative estimate of drug-likeness (QED) is 0.360. The summed E-state index contributed by atoms with van der Waals surface area (Å²) < 4.78 is 10.6. The number of rotatable bonds is 9. The van der Waals surface area contributed by atoms with Crippen LogP contribution in [-0.4, -0.2) is 25.0 Å². The lowest BCUT2D eigenvalue weighted by atomic mass is 10.1. The van der Waals surface area contributed by atoms with Crippen LogP contribution in [-0.2, 0) is 4.74 Å². The normalized spacial score (nSPS) is 10.3. The number of halogens is 1. The summed E-state index contributed by atoms with van der Waals surface area (Å²) in [6.45, 7) is 2.64. The molecule has 2 aromatic rings. The monoisotopic (exact) mass is 360 g/mol. The molecule has 25 heavy (non-hydrogen) atoms. The molecule has 0 spiro atoms. The molecule has 0 aliphatic rings. The number of ether oxygens (including phenoxy) is 2. The molecule has 0 fully saturated rings. The van der Waals surface area contributed by atoms with Gasteiger partial charge in [0.1, 0.15) is 5.75 Å². The van der Waals surface area contributed by atoms with E-state index < -0.39 is 0 Å². The van der Waals surface area contributed by atoms with E-state index in [1.807, 2.05) is 0 Å². The van der Waals surface area contributed by atoms with E-state index in [2.05, 4.69) is 0 Å². The van der Waals surface area contributed by atoms with E-state index in [1.54, 1.807) is 55.5 Å². The van der Waals surface area contributed by atoms with Crippen LogP contribution in [0.3, 0.4) is 0 Å². The molecule has 132 valence electrons. The summed E-state index contributed by atoms with van der Waals surface area (Å²) in [4.78, 5) is 23.6. The molecule has 0 radical (unpaired) electrons. The highest BCUT2D eigenvalue weighted by atomic mass is 35.5. The predicted octanol–water partition coefficient (Wildman–Crippen LogP) is 4.95. The van der Waals surface area contributed by atoms with E-state index >= 15 is 0 Å². The number of benzene rings is 2. The summed E-state index contributed by atoms with van der Waals surface area (Å²) in [5, 5.41) is 0.624. The van der Waals surface area contributed by atoms with Crippen LogP contribution in [0.2, 0.25) is 5.02 Å². The standard InChI is InChI=1S/C20H21ClO4/c1-2-24-20(23)16-8-12-18(13-9-16)25-14-4-3-5-19(22)15-6-10-17(21)11-7-15/h6-13H,2-5,14H2,1H3. The fourth-order valence-corrected chi connectivity index (χ4v) is 2.39. The van der Waals surface area contributed by atoms with Crippen molar-refractivity contribution in [2.45, 2.75) is 26.2 Å². The minimum absolute atomic E-state index is 0.107. The zero-order chi connectivity index (χ0) is 18.1. The van der Waals surface area contributed by atoms with Gasteiger partial charge < -0.3 is 9.47 Å². The third-order valence-corrected chi connectivity index (χ3v) is 3.85. The number of hydrogen-bond acceptors (Lipinski definition) is 4. The second-order valence-electron chi connectivity index (χ2n) is 5.48. The lowest BCUT2D eigenvalue weighted by Crippen LogP contribution is -2.05. The minimum Gasteiger partial charge on any atom is -0.494 e. The zero-order valence-corrected chi connectivity index (χ0v) is 14.9. The lowest BCUT2D eigenvalue weighted by molar-refractivity contribution is 0.0526. The topological polar surface area (TPSA) is 52.6 Å². The van der Waals surface area contributed by atoms with E-state index in [4.69, 9.17) is 21.1 Å². The Morgan fingerprint density at radius 3 is 2.20 bits per heavy atom. The highest BCUT2D eigenvalue weighted by Crippen LogP contribution is 2.15. The predicted molar refractivity (Wildman–Crippen MR) is 97.5 cm³/mol. The summed E-state index contributed by atoms with van der Waals surface area (Å²) in [6.07, 6.45) is 2.01. The molecule has 0 N–H and O–H groups in total. The van der Waals surface area contributed by atoms with Crippen molar-refractivity contribution in [3.63, 3.8) is 0 Å². The van der Waals surface area contributed by atoms with Crippen molar-refractivity contribution in [1.29, 1.82) is 0 Å². The summed E-state index contributed by atoms with van der Waals surface area (Å²) in [7, 11) is 0. The number of carbonyl (C=O) groups excluding carboxylic acids is 2. The molecule has 0 saturated carbocycles. The molecule has 0 aliphatic carbocycles. The van der Waals surface area contributed by atoms with Gasteiger partial charge in [-0.2, -0.15) is 0 Å². The molecular formula is C20H21ClO4. The van der Waals surface area contributed by atoms with Crippen LogP contribution in [0.4, 0.5) is 0 Å². The molecule has 0 saturated heterocycles.